The average molecular weight is 550 g/mol. The van der Waals surface area contributed by atoms with Crippen LogP contribution in [0.3, 0.4) is 0 Å². The van der Waals surface area contributed by atoms with Crippen molar-refractivity contribution in [3.05, 3.63) is 41.9 Å². The molecule has 0 radical (unpaired) electrons. The number of aryl methyl sites for hydroxylation is 2. The van der Waals surface area contributed by atoms with Crippen molar-refractivity contribution in [2.75, 3.05) is 18.1 Å². The van der Waals surface area contributed by atoms with Gasteiger partial charge in [-0.15, -0.1) is 5.10 Å². The highest BCUT2D eigenvalue weighted by atomic mass is 32.2. The van der Waals surface area contributed by atoms with Crippen LogP contribution in [0.25, 0.3) is 5.82 Å². The van der Waals surface area contributed by atoms with Crippen molar-refractivity contribution in [1.82, 2.24) is 29.3 Å². The highest BCUT2D eigenvalue weighted by Gasteiger charge is 2.40. The molecular formula is C29H39N7O2S. The summed E-state index contributed by atoms with van der Waals surface area (Å²) in [4.78, 5) is 21.7. The molecule has 10 heteroatoms. The predicted octanol–water partition coefficient (Wildman–Crippen LogP) is 5.19. The fraction of sp³-hybridized carbons (Fsp3) is 0.586. The van der Waals surface area contributed by atoms with Gasteiger partial charge in [0.05, 0.1) is 22.8 Å². The first-order valence-electron chi connectivity index (χ1n) is 14.1. The van der Waals surface area contributed by atoms with Gasteiger partial charge in [-0.3, -0.25) is 14.2 Å². The normalized spacial score (nSPS) is 25.4. The highest BCUT2D eigenvalue weighted by molar-refractivity contribution is 7.98. The number of ether oxygens (including phenoxy) is 1. The Morgan fingerprint density at radius 2 is 2.05 bits per heavy atom. The molecule has 1 saturated heterocycles. The summed E-state index contributed by atoms with van der Waals surface area (Å²) in [6, 6.07) is 5.63. The van der Waals surface area contributed by atoms with E-state index >= 15 is 0 Å². The summed E-state index contributed by atoms with van der Waals surface area (Å²) >= 11 is 1.28. The van der Waals surface area contributed by atoms with E-state index in [1.165, 1.54) is 37.6 Å². The minimum Gasteiger partial charge on any atom is -0.476 e. The number of hydrogen-bond donors (Lipinski definition) is 1. The summed E-state index contributed by atoms with van der Waals surface area (Å²) in [5.41, 5.74) is 1.31. The van der Waals surface area contributed by atoms with Crippen molar-refractivity contribution >= 4 is 23.7 Å². The van der Waals surface area contributed by atoms with Crippen LogP contribution in [-0.2, 0) is 7.05 Å². The molecule has 3 aliphatic rings. The largest absolute Gasteiger partial charge is 0.476 e. The van der Waals surface area contributed by atoms with Crippen LogP contribution in [0.1, 0.15) is 68.9 Å². The van der Waals surface area contributed by atoms with Crippen LogP contribution in [0.5, 0.6) is 5.88 Å². The minimum atomic E-state index is -0.178. The lowest BCUT2D eigenvalue weighted by atomic mass is 9.90. The molecule has 3 aromatic heterocycles. The number of hydrogen-bond acceptors (Lipinski definition) is 7. The monoisotopic (exact) mass is 549 g/mol. The zero-order chi connectivity index (χ0) is 27.3. The molecule has 208 valence electrons. The summed E-state index contributed by atoms with van der Waals surface area (Å²) in [6.45, 7) is 10.2. The first-order valence-corrected chi connectivity index (χ1v) is 14.9. The third-order valence-electron chi connectivity index (χ3n) is 8.78. The summed E-state index contributed by atoms with van der Waals surface area (Å²) in [5.74, 6) is 4.69. The van der Waals surface area contributed by atoms with Gasteiger partial charge < -0.3 is 9.64 Å². The molecular weight excluding hydrogens is 510 g/mol. The quantitative estimate of drug-likeness (QED) is 0.387. The molecule has 1 aliphatic heterocycles. The molecule has 2 bridgehead atoms. The molecule has 4 atom stereocenters. The molecule has 2 aliphatic carbocycles. The fourth-order valence-electron chi connectivity index (χ4n) is 7.03. The highest BCUT2D eigenvalue weighted by Crippen LogP contribution is 2.48. The minimum absolute atomic E-state index is 0.119. The van der Waals surface area contributed by atoms with Gasteiger partial charge in [-0.1, -0.05) is 13.3 Å². The maximum Gasteiger partial charge on any atom is 0.265 e. The van der Waals surface area contributed by atoms with Crippen LogP contribution in [0.2, 0.25) is 0 Å². The van der Waals surface area contributed by atoms with Crippen LogP contribution >= 0.6 is 11.9 Å². The van der Waals surface area contributed by atoms with Gasteiger partial charge in [-0.25, -0.2) is 9.67 Å². The van der Waals surface area contributed by atoms with Crippen LogP contribution < -0.4 is 14.4 Å². The van der Waals surface area contributed by atoms with Gasteiger partial charge in [-0.05, 0) is 94.2 Å². The van der Waals surface area contributed by atoms with Crippen molar-refractivity contribution in [2.45, 2.75) is 70.2 Å². The number of fused-ring (bicyclic) bond motifs is 2. The zero-order valence-corrected chi connectivity index (χ0v) is 24.4. The first-order chi connectivity index (χ1) is 18.7. The van der Waals surface area contributed by atoms with Gasteiger partial charge in [-0.2, -0.15) is 5.10 Å². The molecule has 4 heterocycles. The molecule has 6 rings (SSSR count). The number of nitrogens with one attached hydrogen (secondary N) is 1. The summed E-state index contributed by atoms with van der Waals surface area (Å²) in [7, 11) is 1.88. The molecule has 2 saturated carbocycles. The first kappa shape index (κ1) is 26.2. The van der Waals surface area contributed by atoms with E-state index in [4.69, 9.17) is 9.72 Å². The molecule has 1 N–H and O–H groups in total. The second-order valence-corrected chi connectivity index (χ2v) is 13.3. The maximum absolute atomic E-state index is 13.5. The predicted molar refractivity (Wildman–Crippen MR) is 152 cm³/mol. The number of pyridine rings is 1. The number of carbonyl (C=O) groups is 1. The summed E-state index contributed by atoms with van der Waals surface area (Å²) in [5, 5.41) is 9.05. The van der Waals surface area contributed by atoms with Gasteiger partial charge >= 0.3 is 0 Å². The van der Waals surface area contributed by atoms with Crippen molar-refractivity contribution in [3.63, 3.8) is 0 Å². The molecule has 4 unspecified atom stereocenters. The smallest absolute Gasteiger partial charge is 0.265 e. The lowest BCUT2D eigenvalue weighted by molar-refractivity contribution is 0.0984. The molecule has 3 fully saturated rings. The van der Waals surface area contributed by atoms with Crippen molar-refractivity contribution in [2.24, 2.45) is 30.7 Å². The Labute approximate surface area is 234 Å². The molecule has 39 heavy (non-hydrogen) atoms. The van der Waals surface area contributed by atoms with Crippen molar-refractivity contribution in [1.29, 1.82) is 0 Å². The van der Waals surface area contributed by atoms with E-state index in [1.807, 2.05) is 44.6 Å². The van der Waals surface area contributed by atoms with E-state index < -0.39 is 0 Å². The van der Waals surface area contributed by atoms with Gasteiger partial charge in [0.1, 0.15) is 5.82 Å². The molecule has 3 aromatic rings. The average Bonchev–Trinajstić information content (AvgIpc) is 3.71. The molecule has 0 aromatic carbocycles. The number of amides is 1. The van der Waals surface area contributed by atoms with E-state index in [-0.39, 0.29) is 11.4 Å². The lowest BCUT2D eigenvalue weighted by Crippen LogP contribution is -2.40. The Kier molecular flexibility index (Phi) is 6.85. The SMILES string of the molecule is Cc1nn(C)cc1SNC(=O)c1ccc(-n2ccc(OCC3CC4CCC3C4)n2)nc1N1CC(C)CC1(C)C. The van der Waals surface area contributed by atoms with E-state index in [2.05, 4.69) is 40.6 Å². The number of carbonyl (C=O) groups excluding carboxylic acids is 1. The van der Waals surface area contributed by atoms with Crippen LogP contribution in [0.4, 0.5) is 5.82 Å². The zero-order valence-electron chi connectivity index (χ0n) is 23.6. The Morgan fingerprint density at radius 1 is 1.21 bits per heavy atom. The summed E-state index contributed by atoms with van der Waals surface area (Å²) in [6.07, 6.45) is 10.2. The van der Waals surface area contributed by atoms with Crippen LogP contribution in [0.15, 0.2) is 35.5 Å². The van der Waals surface area contributed by atoms with Crippen LogP contribution in [-0.4, -0.2) is 49.1 Å². The van der Waals surface area contributed by atoms with E-state index in [1.54, 1.807) is 9.36 Å². The van der Waals surface area contributed by atoms with Crippen molar-refractivity contribution in [3.8, 4) is 11.7 Å². The lowest BCUT2D eigenvalue weighted by Gasteiger charge is -2.34. The third kappa shape index (κ3) is 5.27. The fourth-order valence-corrected chi connectivity index (χ4v) is 7.73. The standard InChI is InChI=1S/C29H39N7O2S/c1-18-14-29(3,4)35(15-18)27-23(28(37)33-39-24-16-34(5)31-19(24)2)8-9-25(30-27)36-11-10-26(32-36)38-17-22-13-20-6-7-21(22)12-20/h8-11,16,18,20-22H,6-7,12-15,17H2,1-5H3,(H,33,37). The number of aromatic nitrogens is 5. The van der Waals surface area contributed by atoms with E-state index in [0.29, 0.717) is 34.9 Å². The van der Waals surface area contributed by atoms with E-state index in [9.17, 15) is 4.79 Å². The Hall–Kier alpha value is -3.01. The Morgan fingerprint density at radius 3 is 2.72 bits per heavy atom. The van der Waals surface area contributed by atoms with E-state index in [0.717, 1.165) is 42.0 Å². The number of anilines is 1. The third-order valence-corrected chi connectivity index (χ3v) is 9.69. The number of nitrogens with zero attached hydrogens (tertiary/aromatic N) is 6. The number of rotatable bonds is 8. The van der Waals surface area contributed by atoms with Crippen LogP contribution in [0, 0.1) is 30.6 Å². The summed E-state index contributed by atoms with van der Waals surface area (Å²) < 4.78 is 12.6. The van der Waals surface area contributed by atoms with Gasteiger partial charge in [0, 0.05) is 37.6 Å². The van der Waals surface area contributed by atoms with Gasteiger partial charge in [0.2, 0.25) is 5.88 Å². The van der Waals surface area contributed by atoms with Gasteiger partial charge in [0.15, 0.2) is 5.82 Å². The van der Waals surface area contributed by atoms with Gasteiger partial charge in [0.25, 0.3) is 5.91 Å². The second kappa shape index (κ2) is 10.2. The topological polar surface area (TPSA) is 90.1 Å². The maximum atomic E-state index is 13.5. The Balaban J connectivity index is 1.23. The molecule has 9 nitrogen and oxygen atoms in total. The van der Waals surface area contributed by atoms with Crippen molar-refractivity contribution < 1.29 is 9.53 Å². The second-order valence-electron chi connectivity index (χ2n) is 12.4. The molecule has 0 spiro atoms. The Bertz CT molecular complexity index is 1370. The molecule has 1 amide bonds.